The quantitative estimate of drug-likeness (QED) is 0.819. The summed E-state index contributed by atoms with van der Waals surface area (Å²) in [5.41, 5.74) is 2.27. The number of benzene rings is 1. The largest absolute Gasteiger partial charge is 0.493 e. The number of hydrogen-bond donors (Lipinski definition) is 2. The van der Waals surface area contributed by atoms with E-state index in [0.717, 1.165) is 16.9 Å². The minimum absolute atomic E-state index is 0.0796. The van der Waals surface area contributed by atoms with Gasteiger partial charge in [-0.25, -0.2) is 4.79 Å². The molecule has 0 unspecified atom stereocenters. The zero-order chi connectivity index (χ0) is 19.4. The van der Waals surface area contributed by atoms with Gasteiger partial charge in [-0.3, -0.25) is 15.0 Å². The van der Waals surface area contributed by atoms with Crippen LogP contribution in [0.2, 0.25) is 0 Å². The summed E-state index contributed by atoms with van der Waals surface area (Å²) in [4.78, 5) is 26.9. The van der Waals surface area contributed by atoms with Crippen molar-refractivity contribution in [1.29, 1.82) is 0 Å². The molecule has 0 aliphatic carbocycles. The standard InChI is InChI=1S/C19H23N3O4S/c1-20-19(24)21-17(23)11-22-7-6-12-9-14(25-2)15(26-3)10-13(12)18(22)16-5-4-8-27-16/h4-5,8-10,18H,6-7,11H2,1-3H3,(H2,20,21,23,24)/t18-/m1/s1. The molecular formula is C19H23N3O4S. The van der Waals surface area contributed by atoms with Crippen molar-refractivity contribution in [2.75, 3.05) is 34.4 Å². The van der Waals surface area contributed by atoms with Crippen molar-refractivity contribution in [3.05, 3.63) is 45.6 Å². The normalized spacial score (nSPS) is 16.3. The number of fused-ring (bicyclic) bond motifs is 1. The molecule has 0 bridgehead atoms. The van der Waals surface area contributed by atoms with Gasteiger partial charge in [0, 0.05) is 18.5 Å². The Morgan fingerprint density at radius 1 is 1.26 bits per heavy atom. The highest BCUT2D eigenvalue weighted by atomic mass is 32.1. The summed E-state index contributed by atoms with van der Waals surface area (Å²) in [5.74, 6) is 1.03. The molecule has 2 N–H and O–H groups in total. The van der Waals surface area contributed by atoms with Crippen LogP contribution in [0.4, 0.5) is 4.79 Å². The first-order chi connectivity index (χ1) is 13.1. The third-order valence-electron chi connectivity index (χ3n) is 4.61. The topological polar surface area (TPSA) is 79.9 Å². The Morgan fingerprint density at radius 2 is 2.00 bits per heavy atom. The fourth-order valence-corrected chi connectivity index (χ4v) is 4.24. The highest BCUT2D eigenvalue weighted by Crippen LogP contribution is 2.41. The van der Waals surface area contributed by atoms with Crippen molar-refractivity contribution >= 4 is 23.3 Å². The molecule has 0 spiro atoms. The van der Waals surface area contributed by atoms with E-state index in [1.165, 1.54) is 12.6 Å². The lowest BCUT2D eigenvalue weighted by atomic mass is 9.91. The lowest BCUT2D eigenvalue weighted by Gasteiger charge is -2.36. The summed E-state index contributed by atoms with van der Waals surface area (Å²) in [6.45, 7) is 0.829. The van der Waals surface area contributed by atoms with Gasteiger partial charge < -0.3 is 14.8 Å². The van der Waals surface area contributed by atoms with Gasteiger partial charge >= 0.3 is 6.03 Å². The van der Waals surface area contributed by atoms with Gasteiger partial charge in [0.2, 0.25) is 5.91 Å². The minimum atomic E-state index is -0.503. The van der Waals surface area contributed by atoms with E-state index in [9.17, 15) is 9.59 Å². The van der Waals surface area contributed by atoms with Crippen LogP contribution in [0.25, 0.3) is 0 Å². The maximum Gasteiger partial charge on any atom is 0.321 e. The summed E-state index contributed by atoms with van der Waals surface area (Å²) in [5, 5.41) is 6.75. The first kappa shape index (κ1) is 19.2. The minimum Gasteiger partial charge on any atom is -0.493 e. The summed E-state index contributed by atoms with van der Waals surface area (Å²) in [7, 11) is 4.72. The zero-order valence-electron chi connectivity index (χ0n) is 15.6. The molecule has 7 nitrogen and oxygen atoms in total. The van der Waals surface area contributed by atoms with Gasteiger partial charge in [-0.2, -0.15) is 0 Å². The van der Waals surface area contributed by atoms with E-state index < -0.39 is 6.03 Å². The van der Waals surface area contributed by atoms with E-state index in [1.54, 1.807) is 25.6 Å². The van der Waals surface area contributed by atoms with E-state index >= 15 is 0 Å². The molecule has 1 aromatic heterocycles. The number of carbonyl (C=O) groups excluding carboxylic acids is 2. The number of imide groups is 1. The average Bonchev–Trinajstić information content (AvgIpc) is 3.20. The second-order valence-electron chi connectivity index (χ2n) is 6.17. The van der Waals surface area contributed by atoms with Crippen molar-refractivity contribution in [2.45, 2.75) is 12.5 Å². The molecule has 0 radical (unpaired) electrons. The predicted molar refractivity (Wildman–Crippen MR) is 104 cm³/mol. The first-order valence-corrected chi connectivity index (χ1v) is 9.49. The third kappa shape index (κ3) is 4.06. The maximum absolute atomic E-state index is 12.3. The fraction of sp³-hybridized carbons (Fsp3) is 0.368. The summed E-state index contributed by atoms with van der Waals surface area (Å²) in [6, 6.07) is 7.47. The molecule has 2 heterocycles. The molecule has 0 fully saturated rings. The van der Waals surface area contributed by atoms with Crippen molar-refractivity contribution in [1.82, 2.24) is 15.5 Å². The molecule has 0 saturated carbocycles. The molecule has 144 valence electrons. The Labute approximate surface area is 162 Å². The highest BCUT2D eigenvalue weighted by Gasteiger charge is 2.32. The number of carbonyl (C=O) groups is 2. The Kier molecular flexibility index (Phi) is 5.98. The second-order valence-corrected chi connectivity index (χ2v) is 7.15. The van der Waals surface area contributed by atoms with Crippen molar-refractivity contribution in [2.24, 2.45) is 0 Å². The maximum atomic E-state index is 12.3. The van der Waals surface area contributed by atoms with Crippen LogP contribution in [-0.2, 0) is 11.2 Å². The number of ether oxygens (including phenoxy) is 2. The van der Waals surface area contributed by atoms with E-state index in [0.29, 0.717) is 18.0 Å². The summed E-state index contributed by atoms with van der Waals surface area (Å²) in [6.07, 6.45) is 0.783. The van der Waals surface area contributed by atoms with Gasteiger partial charge in [0.15, 0.2) is 11.5 Å². The molecule has 3 amide bonds. The van der Waals surface area contributed by atoms with Crippen LogP contribution in [-0.4, -0.2) is 51.2 Å². The third-order valence-corrected chi connectivity index (χ3v) is 5.54. The van der Waals surface area contributed by atoms with Crippen LogP contribution in [0.1, 0.15) is 22.0 Å². The smallest absolute Gasteiger partial charge is 0.321 e. The number of urea groups is 1. The fourth-order valence-electron chi connectivity index (χ4n) is 3.36. The molecule has 2 aromatic rings. The molecule has 8 heteroatoms. The molecular weight excluding hydrogens is 366 g/mol. The van der Waals surface area contributed by atoms with Gasteiger partial charge in [0.05, 0.1) is 26.8 Å². The number of methoxy groups -OCH3 is 2. The van der Waals surface area contributed by atoms with Gasteiger partial charge in [0.1, 0.15) is 0 Å². The number of nitrogens with one attached hydrogen (secondary N) is 2. The number of rotatable bonds is 5. The van der Waals surface area contributed by atoms with Gasteiger partial charge in [0.25, 0.3) is 0 Å². The van der Waals surface area contributed by atoms with Gasteiger partial charge in [-0.05, 0) is 41.1 Å². The molecule has 1 atom stereocenters. The van der Waals surface area contributed by atoms with Crippen LogP contribution in [0, 0.1) is 0 Å². The first-order valence-electron chi connectivity index (χ1n) is 8.61. The van der Waals surface area contributed by atoms with E-state index in [-0.39, 0.29) is 18.5 Å². The van der Waals surface area contributed by atoms with E-state index in [1.807, 2.05) is 23.6 Å². The van der Waals surface area contributed by atoms with Crippen molar-refractivity contribution in [3.8, 4) is 11.5 Å². The van der Waals surface area contributed by atoms with Crippen LogP contribution < -0.4 is 20.1 Å². The van der Waals surface area contributed by atoms with Crippen LogP contribution >= 0.6 is 11.3 Å². The van der Waals surface area contributed by atoms with E-state index in [4.69, 9.17) is 9.47 Å². The number of nitrogens with zero attached hydrogens (tertiary/aromatic N) is 1. The Morgan fingerprint density at radius 3 is 2.63 bits per heavy atom. The SMILES string of the molecule is CNC(=O)NC(=O)CN1CCc2cc(OC)c(OC)cc2[C@@H]1c1cccs1. The number of thiophene rings is 1. The monoisotopic (exact) mass is 389 g/mol. The average molecular weight is 389 g/mol. The molecule has 0 saturated heterocycles. The second kappa shape index (κ2) is 8.41. The van der Waals surface area contributed by atoms with Crippen molar-refractivity contribution < 1.29 is 19.1 Å². The van der Waals surface area contributed by atoms with Crippen LogP contribution in [0.15, 0.2) is 29.6 Å². The zero-order valence-corrected chi connectivity index (χ0v) is 16.4. The molecule has 3 rings (SSSR count). The molecule has 1 aliphatic rings. The summed E-state index contributed by atoms with van der Waals surface area (Å²) >= 11 is 1.64. The van der Waals surface area contributed by atoms with Crippen LogP contribution in [0.5, 0.6) is 11.5 Å². The number of amides is 3. The summed E-state index contributed by atoms with van der Waals surface area (Å²) < 4.78 is 10.9. The number of hydrogen-bond acceptors (Lipinski definition) is 6. The predicted octanol–water partition coefficient (Wildman–Crippen LogP) is 2.17. The lowest BCUT2D eigenvalue weighted by molar-refractivity contribution is -0.121. The van der Waals surface area contributed by atoms with Gasteiger partial charge in [-0.1, -0.05) is 6.07 Å². The highest BCUT2D eigenvalue weighted by molar-refractivity contribution is 7.10. The van der Waals surface area contributed by atoms with Crippen LogP contribution in [0.3, 0.4) is 0 Å². The molecule has 1 aromatic carbocycles. The van der Waals surface area contributed by atoms with E-state index in [2.05, 4.69) is 21.6 Å². The molecule has 1 aliphatic heterocycles. The molecule has 27 heavy (non-hydrogen) atoms. The Bertz CT molecular complexity index is 823. The van der Waals surface area contributed by atoms with Crippen molar-refractivity contribution in [3.63, 3.8) is 0 Å². The Balaban J connectivity index is 1.95. The Hall–Kier alpha value is -2.58. The van der Waals surface area contributed by atoms with Gasteiger partial charge in [-0.15, -0.1) is 11.3 Å². The lowest BCUT2D eigenvalue weighted by Crippen LogP contribution is -2.46.